The lowest BCUT2D eigenvalue weighted by molar-refractivity contribution is 0.102. The zero-order valence-corrected chi connectivity index (χ0v) is 15.2. The molecule has 0 aliphatic heterocycles. The number of amides is 1. The Bertz CT molecular complexity index is 882. The van der Waals surface area contributed by atoms with Crippen LogP contribution in [0, 0.1) is 13.8 Å². The molecule has 0 fully saturated rings. The Balaban J connectivity index is 1.69. The van der Waals surface area contributed by atoms with E-state index in [2.05, 4.69) is 27.5 Å². The number of benzene rings is 2. The van der Waals surface area contributed by atoms with Crippen molar-refractivity contribution in [2.75, 3.05) is 10.6 Å². The Labute approximate surface area is 153 Å². The minimum absolute atomic E-state index is 0.275. The van der Waals surface area contributed by atoms with Gasteiger partial charge in [-0.1, -0.05) is 37.3 Å². The molecule has 1 aromatic heterocycles. The highest BCUT2D eigenvalue weighted by molar-refractivity contribution is 6.02. The first-order valence-electron chi connectivity index (χ1n) is 8.62. The van der Waals surface area contributed by atoms with Crippen molar-refractivity contribution < 1.29 is 4.79 Å². The molecule has 0 radical (unpaired) electrons. The van der Waals surface area contributed by atoms with Crippen LogP contribution in [0.1, 0.15) is 34.1 Å². The summed E-state index contributed by atoms with van der Waals surface area (Å²) >= 11 is 0. The van der Waals surface area contributed by atoms with Gasteiger partial charge in [-0.15, -0.1) is 0 Å². The maximum Gasteiger partial charge on any atom is 0.275 e. The van der Waals surface area contributed by atoms with Crippen LogP contribution in [-0.2, 0) is 6.42 Å². The lowest BCUT2D eigenvalue weighted by Gasteiger charge is -2.12. The van der Waals surface area contributed by atoms with Gasteiger partial charge in [-0.3, -0.25) is 4.79 Å². The molecule has 0 aliphatic carbocycles. The largest absolute Gasteiger partial charge is 0.339 e. The summed E-state index contributed by atoms with van der Waals surface area (Å²) in [6.45, 7) is 6.17. The van der Waals surface area contributed by atoms with Crippen molar-refractivity contribution in [2.24, 2.45) is 0 Å². The minimum Gasteiger partial charge on any atom is -0.339 e. The van der Waals surface area contributed by atoms with Crippen LogP contribution in [0.2, 0.25) is 0 Å². The van der Waals surface area contributed by atoms with Crippen LogP contribution in [-0.4, -0.2) is 15.9 Å². The zero-order chi connectivity index (χ0) is 18.5. The van der Waals surface area contributed by atoms with Crippen LogP contribution in [0.3, 0.4) is 0 Å². The highest BCUT2D eigenvalue weighted by Gasteiger charge is 2.09. The monoisotopic (exact) mass is 346 g/mol. The summed E-state index contributed by atoms with van der Waals surface area (Å²) in [4.78, 5) is 20.9. The number of hydrogen-bond donors (Lipinski definition) is 2. The molecule has 0 aliphatic rings. The number of carbonyl (C=O) groups excluding carboxylic acids is 1. The molecule has 0 saturated carbocycles. The maximum atomic E-state index is 12.3. The first kappa shape index (κ1) is 17.6. The highest BCUT2D eigenvalue weighted by atomic mass is 16.1. The molecule has 3 aromatic rings. The predicted molar refractivity (Wildman–Crippen MR) is 105 cm³/mol. The SMILES string of the molecule is CCc1ccc(NC(=O)c2cnc(Nc3c(C)cccc3C)cn2)cc1. The summed E-state index contributed by atoms with van der Waals surface area (Å²) in [5.74, 6) is 0.326. The lowest BCUT2D eigenvalue weighted by atomic mass is 10.1. The highest BCUT2D eigenvalue weighted by Crippen LogP contribution is 2.22. The Morgan fingerprint density at radius 1 is 0.962 bits per heavy atom. The normalized spacial score (nSPS) is 10.4. The lowest BCUT2D eigenvalue weighted by Crippen LogP contribution is -2.14. The molecular formula is C21H22N4O. The van der Waals surface area contributed by atoms with Crippen molar-refractivity contribution in [3.05, 3.63) is 77.2 Å². The number of anilines is 3. The summed E-state index contributed by atoms with van der Waals surface area (Å²) in [6.07, 6.45) is 4.02. The Morgan fingerprint density at radius 3 is 2.23 bits per heavy atom. The molecule has 1 amide bonds. The molecule has 1 heterocycles. The molecule has 5 nitrogen and oxygen atoms in total. The molecule has 0 spiro atoms. The van der Waals surface area contributed by atoms with Crippen molar-refractivity contribution in [3.63, 3.8) is 0 Å². The van der Waals surface area contributed by atoms with Crippen LogP contribution >= 0.6 is 0 Å². The van der Waals surface area contributed by atoms with Gasteiger partial charge in [0.2, 0.25) is 0 Å². The van der Waals surface area contributed by atoms with Gasteiger partial charge in [0.05, 0.1) is 12.4 Å². The first-order chi connectivity index (χ1) is 12.6. The van der Waals surface area contributed by atoms with Gasteiger partial charge >= 0.3 is 0 Å². The molecule has 0 bridgehead atoms. The van der Waals surface area contributed by atoms with E-state index in [1.54, 1.807) is 6.20 Å². The van der Waals surface area contributed by atoms with Gasteiger partial charge in [-0.25, -0.2) is 9.97 Å². The van der Waals surface area contributed by atoms with E-state index in [1.165, 1.54) is 11.8 Å². The van der Waals surface area contributed by atoms with Gasteiger partial charge in [0, 0.05) is 11.4 Å². The molecule has 2 N–H and O–H groups in total. The number of hydrogen-bond acceptors (Lipinski definition) is 4. The molecule has 5 heteroatoms. The number of aryl methyl sites for hydroxylation is 3. The fraction of sp³-hybridized carbons (Fsp3) is 0.190. The van der Waals surface area contributed by atoms with Crippen LogP contribution < -0.4 is 10.6 Å². The second kappa shape index (κ2) is 7.78. The summed E-state index contributed by atoms with van der Waals surface area (Å²) in [7, 11) is 0. The molecule has 2 aromatic carbocycles. The third-order valence-corrected chi connectivity index (χ3v) is 4.24. The minimum atomic E-state index is -0.277. The summed E-state index contributed by atoms with van der Waals surface area (Å²) in [5, 5.41) is 6.10. The van der Waals surface area contributed by atoms with Gasteiger partial charge in [-0.05, 0) is 49.1 Å². The zero-order valence-electron chi connectivity index (χ0n) is 15.2. The average Bonchev–Trinajstić information content (AvgIpc) is 2.66. The number of nitrogens with one attached hydrogen (secondary N) is 2. The van der Waals surface area contributed by atoms with Gasteiger partial charge in [0.15, 0.2) is 0 Å². The summed E-state index contributed by atoms with van der Waals surface area (Å²) in [5.41, 5.74) is 5.51. The van der Waals surface area contributed by atoms with Gasteiger partial charge < -0.3 is 10.6 Å². The summed E-state index contributed by atoms with van der Waals surface area (Å²) < 4.78 is 0. The standard InChI is InChI=1S/C21H22N4O/c1-4-16-8-10-17(11-9-16)24-21(26)18-12-23-19(13-22-18)25-20-14(2)6-5-7-15(20)3/h5-13H,4H2,1-3H3,(H,23,25)(H,24,26). The van der Waals surface area contributed by atoms with Crippen molar-refractivity contribution in [2.45, 2.75) is 27.2 Å². The second-order valence-corrected chi connectivity index (χ2v) is 6.18. The fourth-order valence-corrected chi connectivity index (χ4v) is 2.67. The van der Waals surface area contributed by atoms with Crippen LogP contribution in [0.25, 0.3) is 0 Å². The van der Waals surface area contributed by atoms with E-state index in [0.29, 0.717) is 5.82 Å². The topological polar surface area (TPSA) is 66.9 Å². The Morgan fingerprint density at radius 2 is 1.65 bits per heavy atom. The van der Waals surface area contributed by atoms with E-state index < -0.39 is 0 Å². The predicted octanol–water partition coefficient (Wildman–Crippen LogP) is 4.65. The summed E-state index contributed by atoms with van der Waals surface area (Å²) in [6, 6.07) is 13.9. The number of nitrogens with zero attached hydrogens (tertiary/aromatic N) is 2. The first-order valence-corrected chi connectivity index (χ1v) is 8.62. The van der Waals surface area contributed by atoms with E-state index in [1.807, 2.05) is 56.3 Å². The average molecular weight is 346 g/mol. The van der Waals surface area contributed by atoms with E-state index in [4.69, 9.17) is 0 Å². The molecule has 0 saturated heterocycles. The fourth-order valence-electron chi connectivity index (χ4n) is 2.67. The second-order valence-electron chi connectivity index (χ2n) is 6.18. The quantitative estimate of drug-likeness (QED) is 0.705. The van der Waals surface area contributed by atoms with E-state index in [-0.39, 0.29) is 11.6 Å². The number of carbonyl (C=O) groups is 1. The molecule has 0 atom stereocenters. The number of para-hydroxylation sites is 1. The molecule has 0 unspecified atom stereocenters. The Kier molecular flexibility index (Phi) is 5.27. The van der Waals surface area contributed by atoms with Gasteiger partial charge in [0.1, 0.15) is 11.5 Å². The number of rotatable bonds is 5. The third kappa shape index (κ3) is 4.06. The molecule has 3 rings (SSSR count). The van der Waals surface area contributed by atoms with E-state index >= 15 is 0 Å². The van der Waals surface area contributed by atoms with Crippen LogP contribution in [0.15, 0.2) is 54.9 Å². The van der Waals surface area contributed by atoms with Crippen LogP contribution in [0.5, 0.6) is 0 Å². The Hall–Kier alpha value is -3.21. The van der Waals surface area contributed by atoms with Crippen molar-refractivity contribution >= 4 is 23.1 Å². The van der Waals surface area contributed by atoms with E-state index in [0.717, 1.165) is 28.9 Å². The van der Waals surface area contributed by atoms with E-state index in [9.17, 15) is 4.79 Å². The maximum absolute atomic E-state index is 12.3. The van der Waals surface area contributed by atoms with Gasteiger partial charge in [0.25, 0.3) is 5.91 Å². The van der Waals surface area contributed by atoms with Crippen molar-refractivity contribution in [1.29, 1.82) is 0 Å². The van der Waals surface area contributed by atoms with Crippen molar-refractivity contribution in [3.8, 4) is 0 Å². The van der Waals surface area contributed by atoms with Gasteiger partial charge in [-0.2, -0.15) is 0 Å². The third-order valence-electron chi connectivity index (χ3n) is 4.24. The molecular weight excluding hydrogens is 324 g/mol. The van der Waals surface area contributed by atoms with Crippen LogP contribution in [0.4, 0.5) is 17.2 Å². The smallest absolute Gasteiger partial charge is 0.275 e. The number of aromatic nitrogens is 2. The molecule has 132 valence electrons. The van der Waals surface area contributed by atoms with Crippen molar-refractivity contribution in [1.82, 2.24) is 9.97 Å². The molecule has 26 heavy (non-hydrogen) atoms.